The van der Waals surface area contributed by atoms with Gasteiger partial charge in [0.2, 0.25) is 0 Å². The summed E-state index contributed by atoms with van der Waals surface area (Å²) in [5.74, 6) is 4.14. The molecule has 0 unspecified atom stereocenters. The highest BCUT2D eigenvalue weighted by Crippen LogP contribution is 2.42. The summed E-state index contributed by atoms with van der Waals surface area (Å²) in [6.07, 6.45) is 7.26. The van der Waals surface area contributed by atoms with Gasteiger partial charge in [0.15, 0.2) is 23.0 Å². The number of aryl methyl sites for hydroxylation is 3. The second-order valence-corrected chi connectivity index (χ2v) is 14.3. The topological polar surface area (TPSA) is 46.2 Å². The van der Waals surface area contributed by atoms with E-state index in [0.29, 0.717) is 74.6 Å². The fourth-order valence-electron chi connectivity index (χ4n) is 5.48. The van der Waals surface area contributed by atoms with Crippen molar-refractivity contribution in [2.45, 2.75) is 79.9 Å². The second-order valence-electron chi connectivity index (χ2n) is 13.0. The first-order valence-corrected chi connectivity index (χ1v) is 18.1. The summed E-state index contributed by atoms with van der Waals surface area (Å²) in [6, 6.07) is 17.2. The van der Waals surface area contributed by atoms with Gasteiger partial charge in [-0.2, -0.15) is 0 Å². The van der Waals surface area contributed by atoms with E-state index in [1.54, 1.807) is 12.1 Å². The Morgan fingerprint density at radius 1 is 0.686 bits per heavy atom. The maximum atomic E-state index is 6.71. The molecule has 0 radical (unpaired) electrons. The smallest absolute Gasteiger partial charge is 0.172 e. The van der Waals surface area contributed by atoms with E-state index in [9.17, 15) is 0 Å². The molecule has 0 amide bonds. The van der Waals surface area contributed by atoms with Crippen LogP contribution < -0.4 is 23.7 Å². The van der Waals surface area contributed by atoms with Gasteiger partial charge < -0.3 is 23.7 Å². The van der Waals surface area contributed by atoms with Crippen molar-refractivity contribution in [1.82, 2.24) is 0 Å². The van der Waals surface area contributed by atoms with Crippen LogP contribution in [0, 0.1) is 20.8 Å². The maximum Gasteiger partial charge on any atom is 0.172 e. The fourth-order valence-corrected chi connectivity index (χ4v) is 6.17. The van der Waals surface area contributed by atoms with Crippen LogP contribution >= 0.6 is 34.8 Å². The Bertz CT molecular complexity index is 1890. The number of hydrogen-bond donors (Lipinski definition) is 0. The number of benzene rings is 4. The van der Waals surface area contributed by atoms with Crippen molar-refractivity contribution in [1.29, 1.82) is 0 Å². The Morgan fingerprint density at radius 2 is 1.31 bits per heavy atom. The van der Waals surface area contributed by atoms with E-state index >= 15 is 0 Å². The summed E-state index contributed by atoms with van der Waals surface area (Å²) in [7, 11) is 0. The first kappa shape index (κ1) is 39.8. The molecule has 4 aromatic rings. The first-order valence-electron chi connectivity index (χ1n) is 17.0. The van der Waals surface area contributed by atoms with E-state index in [2.05, 4.69) is 19.2 Å². The molecule has 51 heavy (non-hydrogen) atoms. The van der Waals surface area contributed by atoms with E-state index in [1.165, 1.54) is 0 Å². The molecular weight excluding hydrogens is 703 g/mol. The van der Waals surface area contributed by atoms with Crippen LogP contribution in [-0.4, -0.2) is 18.8 Å². The molecule has 8 heteroatoms. The fraction of sp³-hybridized carbons (Fsp3) is 0.302. The second kappa shape index (κ2) is 18.5. The molecule has 4 aromatic carbocycles. The lowest BCUT2D eigenvalue weighted by Crippen LogP contribution is -2.08. The SMILES string of the molecule is C=CCc1cc(Oc2c(C)cc(C/C(Cl)=C\COc3ccc(Oc4c(CC=C)cc(C)cc4OC(C)C)c(Cl)c3)cc2OC(C)C)c(Cl)cc1C. The van der Waals surface area contributed by atoms with E-state index in [0.717, 1.165) is 33.4 Å². The van der Waals surface area contributed by atoms with Crippen molar-refractivity contribution in [3.63, 3.8) is 0 Å². The third kappa shape index (κ3) is 11.2. The molecule has 0 saturated heterocycles. The van der Waals surface area contributed by atoms with Crippen LogP contribution in [-0.2, 0) is 19.3 Å². The molecule has 0 saturated carbocycles. The molecule has 0 aliphatic rings. The van der Waals surface area contributed by atoms with Crippen LogP contribution in [0.5, 0.6) is 40.2 Å². The van der Waals surface area contributed by atoms with Gasteiger partial charge in [0.1, 0.15) is 23.9 Å². The molecule has 0 aliphatic carbocycles. The number of hydrogen-bond acceptors (Lipinski definition) is 5. The van der Waals surface area contributed by atoms with Crippen LogP contribution in [0.3, 0.4) is 0 Å². The number of halogens is 3. The van der Waals surface area contributed by atoms with E-state index in [-0.39, 0.29) is 18.8 Å². The quantitative estimate of drug-likeness (QED) is 0.101. The van der Waals surface area contributed by atoms with Gasteiger partial charge in [-0.1, -0.05) is 59.1 Å². The Balaban J connectivity index is 1.47. The average molecular weight is 750 g/mol. The molecular formula is C43H47Cl3O5. The molecule has 0 spiro atoms. The van der Waals surface area contributed by atoms with Gasteiger partial charge in [0.25, 0.3) is 0 Å². The minimum atomic E-state index is -0.0728. The van der Waals surface area contributed by atoms with Gasteiger partial charge in [0, 0.05) is 23.1 Å². The summed E-state index contributed by atoms with van der Waals surface area (Å²) >= 11 is 20.0. The Kier molecular flexibility index (Phi) is 14.4. The van der Waals surface area contributed by atoms with Crippen molar-refractivity contribution >= 4 is 34.8 Å². The van der Waals surface area contributed by atoms with Crippen molar-refractivity contribution in [3.05, 3.63) is 134 Å². The largest absolute Gasteiger partial charge is 0.489 e. The molecule has 4 rings (SSSR count). The Morgan fingerprint density at radius 3 is 1.96 bits per heavy atom. The van der Waals surface area contributed by atoms with Crippen LogP contribution in [0.1, 0.15) is 61.1 Å². The number of rotatable bonds is 17. The van der Waals surface area contributed by atoms with Gasteiger partial charge in [-0.05, 0) is 132 Å². The van der Waals surface area contributed by atoms with Gasteiger partial charge >= 0.3 is 0 Å². The van der Waals surface area contributed by atoms with Crippen LogP contribution in [0.15, 0.2) is 91.0 Å². The van der Waals surface area contributed by atoms with Gasteiger partial charge in [-0.25, -0.2) is 0 Å². The normalized spacial score (nSPS) is 11.5. The Hall–Kier alpha value is -4.03. The summed E-state index contributed by atoms with van der Waals surface area (Å²) in [5, 5.41) is 1.55. The highest BCUT2D eigenvalue weighted by atomic mass is 35.5. The van der Waals surface area contributed by atoms with Crippen molar-refractivity contribution in [3.8, 4) is 40.2 Å². The molecule has 0 aliphatic heterocycles. The summed E-state index contributed by atoms with van der Waals surface area (Å²) in [6.45, 7) is 21.9. The lowest BCUT2D eigenvalue weighted by atomic mass is 10.0. The predicted molar refractivity (Wildman–Crippen MR) is 213 cm³/mol. The molecule has 0 heterocycles. The highest BCUT2D eigenvalue weighted by Gasteiger charge is 2.18. The molecule has 0 N–H and O–H groups in total. The molecule has 0 fully saturated rings. The van der Waals surface area contributed by atoms with E-state index in [1.807, 2.05) is 103 Å². The van der Waals surface area contributed by atoms with Crippen LogP contribution in [0.25, 0.3) is 0 Å². The molecule has 0 aromatic heterocycles. The van der Waals surface area contributed by atoms with Crippen LogP contribution in [0.2, 0.25) is 10.0 Å². The number of allylic oxidation sites excluding steroid dienone is 3. The predicted octanol–water partition coefficient (Wildman–Crippen LogP) is 13.3. The maximum absolute atomic E-state index is 6.71. The standard InChI is InChI=1S/C43H47Cl3O5/c1-10-12-32-24-39(36(45)21-29(32)8)51-42-30(9)20-31(23-41(42)49-27(5)6)22-34(44)16-17-47-35-14-15-38(37(46)25-35)50-43-33(13-11-2)18-28(7)19-40(43)48-26(3)4/h10-11,14-16,18-21,23-27H,1-2,12-13,17,22H2,3-9H3/b34-16+. The lowest BCUT2D eigenvalue weighted by Gasteiger charge is -2.20. The average Bonchev–Trinajstić information content (AvgIpc) is 3.03. The minimum Gasteiger partial charge on any atom is -0.489 e. The third-order valence-corrected chi connectivity index (χ3v) is 8.55. The zero-order valence-corrected chi connectivity index (χ0v) is 32.8. The van der Waals surface area contributed by atoms with Crippen molar-refractivity contribution in [2.24, 2.45) is 0 Å². The zero-order chi connectivity index (χ0) is 37.2. The first-order chi connectivity index (χ1) is 24.3. The molecule has 0 bridgehead atoms. The number of ether oxygens (including phenoxy) is 5. The highest BCUT2D eigenvalue weighted by molar-refractivity contribution is 6.32. The van der Waals surface area contributed by atoms with Crippen molar-refractivity contribution < 1.29 is 23.7 Å². The van der Waals surface area contributed by atoms with Gasteiger partial charge in [0.05, 0.1) is 22.3 Å². The molecule has 5 nitrogen and oxygen atoms in total. The van der Waals surface area contributed by atoms with E-state index < -0.39 is 0 Å². The summed E-state index contributed by atoms with van der Waals surface area (Å²) in [5.41, 5.74) is 6.08. The Labute approximate surface area is 318 Å². The third-order valence-electron chi connectivity index (χ3n) is 7.68. The van der Waals surface area contributed by atoms with Gasteiger partial charge in [-0.15, -0.1) is 13.2 Å². The zero-order valence-electron chi connectivity index (χ0n) is 30.5. The van der Waals surface area contributed by atoms with Crippen molar-refractivity contribution in [2.75, 3.05) is 6.61 Å². The van der Waals surface area contributed by atoms with Gasteiger partial charge in [-0.3, -0.25) is 0 Å². The van der Waals surface area contributed by atoms with Crippen LogP contribution in [0.4, 0.5) is 0 Å². The minimum absolute atomic E-state index is 0.0235. The summed E-state index contributed by atoms with van der Waals surface area (Å²) < 4.78 is 31.0. The monoisotopic (exact) mass is 748 g/mol. The summed E-state index contributed by atoms with van der Waals surface area (Å²) in [4.78, 5) is 0. The molecule has 270 valence electrons. The lowest BCUT2D eigenvalue weighted by molar-refractivity contribution is 0.232. The molecule has 0 atom stereocenters. The van der Waals surface area contributed by atoms with E-state index in [4.69, 9.17) is 58.5 Å².